The fraction of sp³-hybridized carbons (Fsp3) is 0.154. The highest BCUT2D eigenvalue weighted by atomic mass is 35.5. The first kappa shape index (κ1) is 20.9. The number of esters is 2. The standard InChI is InChI=1S/C26H21ClO4/c1-3-30-25(28)22-15-24(27)23(26(29)31-4-2)14-21(22)20-13-16-9-5-6-10-17(16)18-11-7-8-12-19(18)20/h5-15H,3-4H2,1-2H3. The molecule has 0 spiro atoms. The first-order valence-electron chi connectivity index (χ1n) is 10.1. The highest BCUT2D eigenvalue weighted by Crippen LogP contribution is 2.38. The Morgan fingerprint density at radius 3 is 1.97 bits per heavy atom. The average Bonchev–Trinajstić information content (AvgIpc) is 2.78. The number of halogens is 1. The Hall–Kier alpha value is -3.37. The fourth-order valence-electron chi connectivity index (χ4n) is 3.82. The van der Waals surface area contributed by atoms with Crippen LogP contribution in [0.25, 0.3) is 32.7 Å². The zero-order chi connectivity index (χ0) is 22.0. The minimum absolute atomic E-state index is 0.148. The molecule has 0 aliphatic rings. The van der Waals surface area contributed by atoms with Crippen molar-refractivity contribution in [3.05, 3.63) is 82.9 Å². The van der Waals surface area contributed by atoms with Gasteiger partial charge < -0.3 is 9.47 Å². The number of benzene rings is 4. The predicted octanol–water partition coefficient (Wildman–Crippen LogP) is 6.67. The topological polar surface area (TPSA) is 52.6 Å². The van der Waals surface area contributed by atoms with E-state index in [-0.39, 0.29) is 23.8 Å². The van der Waals surface area contributed by atoms with Crippen LogP contribution in [0.5, 0.6) is 0 Å². The SMILES string of the molecule is CCOC(=O)c1cc(-c2cc3ccccc3c3ccccc23)c(C(=O)OCC)cc1Cl. The van der Waals surface area contributed by atoms with Gasteiger partial charge in [-0.15, -0.1) is 0 Å². The summed E-state index contributed by atoms with van der Waals surface area (Å²) in [4.78, 5) is 25.3. The van der Waals surface area contributed by atoms with Crippen LogP contribution in [0.2, 0.25) is 5.02 Å². The minimum Gasteiger partial charge on any atom is -0.462 e. The zero-order valence-electron chi connectivity index (χ0n) is 17.3. The fourth-order valence-corrected chi connectivity index (χ4v) is 4.06. The maximum atomic E-state index is 12.8. The van der Waals surface area contributed by atoms with Crippen LogP contribution in [0.4, 0.5) is 0 Å². The normalized spacial score (nSPS) is 10.9. The number of fused-ring (bicyclic) bond motifs is 3. The van der Waals surface area contributed by atoms with Crippen LogP contribution in [0.15, 0.2) is 66.7 Å². The summed E-state index contributed by atoms with van der Waals surface area (Å²) in [5.41, 5.74) is 1.91. The van der Waals surface area contributed by atoms with Gasteiger partial charge in [-0.2, -0.15) is 0 Å². The summed E-state index contributed by atoms with van der Waals surface area (Å²) in [7, 11) is 0. The van der Waals surface area contributed by atoms with Gasteiger partial charge >= 0.3 is 11.9 Å². The van der Waals surface area contributed by atoms with Crippen LogP contribution in [0.1, 0.15) is 34.6 Å². The lowest BCUT2D eigenvalue weighted by atomic mass is 9.90. The third-order valence-corrected chi connectivity index (χ3v) is 5.47. The van der Waals surface area contributed by atoms with E-state index in [4.69, 9.17) is 21.1 Å². The van der Waals surface area contributed by atoms with E-state index in [0.29, 0.717) is 11.1 Å². The molecule has 31 heavy (non-hydrogen) atoms. The molecule has 5 heteroatoms. The number of carbonyl (C=O) groups is 2. The second-order valence-electron chi connectivity index (χ2n) is 7.01. The highest BCUT2D eigenvalue weighted by molar-refractivity contribution is 6.34. The minimum atomic E-state index is -0.533. The van der Waals surface area contributed by atoms with Crippen molar-refractivity contribution in [2.24, 2.45) is 0 Å². The Kier molecular flexibility index (Phi) is 5.92. The maximum absolute atomic E-state index is 12.8. The Morgan fingerprint density at radius 1 is 0.710 bits per heavy atom. The Balaban J connectivity index is 2.08. The van der Waals surface area contributed by atoms with Gasteiger partial charge in [-0.3, -0.25) is 0 Å². The van der Waals surface area contributed by atoms with Gasteiger partial charge in [0.25, 0.3) is 0 Å². The first-order valence-corrected chi connectivity index (χ1v) is 10.5. The van der Waals surface area contributed by atoms with Crippen molar-refractivity contribution in [2.45, 2.75) is 13.8 Å². The largest absolute Gasteiger partial charge is 0.462 e. The van der Waals surface area contributed by atoms with E-state index < -0.39 is 11.9 Å². The molecule has 0 bridgehead atoms. The van der Waals surface area contributed by atoms with Crippen molar-refractivity contribution in [1.82, 2.24) is 0 Å². The molecule has 0 radical (unpaired) electrons. The third kappa shape index (κ3) is 3.87. The molecule has 4 nitrogen and oxygen atoms in total. The van der Waals surface area contributed by atoms with Crippen molar-refractivity contribution >= 4 is 45.1 Å². The summed E-state index contributed by atoms with van der Waals surface area (Å²) in [5.74, 6) is -1.03. The lowest BCUT2D eigenvalue weighted by Crippen LogP contribution is -2.11. The molecule has 0 saturated carbocycles. The Labute approximate surface area is 185 Å². The third-order valence-electron chi connectivity index (χ3n) is 5.16. The molecule has 0 aromatic heterocycles. The number of carbonyl (C=O) groups excluding carboxylic acids is 2. The Bertz CT molecular complexity index is 1310. The van der Waals surface area contributed by atoms with Crippen LogP contribution in [0.3, 0.4) is 0 Å². The van der Waals surface area contributed by atoms with Crippen LogP contribution >= 0.6 is 11.6 Å². The van der Waals surface area contributed by atoms with E-state index in [0.717, 1.165) is 27.1 Å². The number of rotatable bonds is 5. The molecule has 0 N–H and O–H groups in total. The van der Waals surface area contributed by atoms with Gasteiger partial charge in [-0.25, -0.2) is 9.59 Å². The molecule has 156 valence electrons. The second-order valence-corrected chi connectivity index (χ2v) is 7.42. The van der Waals surface area contributed by atoms with Crippen molar-refractivity contribution in [1.29, 1.82) is 0 Å². The molecule has 4 rings (SSSR count). The lowest BCUT2D eigenvalue weighted by Gasteiger charge is -2.16. The predicted molar refractivity (Wildman–Crippen MR) is 124 cm³/mol. The molecule has 0 saturated heterocycles. The van der Waals surface area contributed by atoms with Crippen LogP contribution in [0, 0.1) is 0 Å². The van der Waals surface area contributed by atoms with Crippen LogP contribution in [-0.4, -0.2) is 25.2 Å². The van der Waals surface area contributed by atoms with Gasteiger partial charge in [0.2, 0.25) is 0 Å². The molecule has 0 fully saturated rings. The summed E-state index contributed by atoms with van der Waals surface area (Å²) in [5, 5.41) is 4.30. The smallest absolute Gasteiger partial charge is 0.339 e. The summed E-state index contributed by atoms with van der Waals surface area (Å²) >= 11 is 6.37. The van der Waals surface area contributed by atoms with E-state index in [2.05, 4.69) is 6.07 Å². The van der Waals surface area contributed by atoms with E-state index in [1.807, 2.05) is 48.5 Å². The zero-order valence-corrected chi connectivity index (χ0v) is 18.0. The Morgan fingerprint density at radius 2 is 1.29 bits per heavy atom. The summed E-state index contributed by atoms with van der Waals surface area (Å²) in [6.07, 6.45) is 0. The average molecular weight is 433 g/mol. The molecular formula is C26H21ClO4. The van der Waals surface area contributed by atoms with Gasteiger partial charge in [0.1, 0.15) is 0 Å². The van der Waals surface area contributed by atoms with Crippen molar-refractivity contribution < 1.29 is 19.1 Å². The molecule has 0 heterocycles. The number of hydrogen-bond donors (Lipinski definition) is 0. The summed E-state index contributed by atoms with van der Waals surface area (Å²) < 4.78 is 10.4. The van der Waals surface area contributed by atoms with E-state index in [1.54, 1.807) is 19.9 Å². The molecule has 0 aliphatic heterocycles. The summed E-state index contributed by atoms with van der Waals surface area (Å²) in [6, 6.07) is 21.2. The van der Waals surface area contributed by atoms with Gasteiger partial charge in [-0.05, 0) is 64.7 Å². The molecule has 0 atom stereocenters. The van der Waals surface area contributed by atoms with Crippen molar-refractivity contribution in [3.8, 4) is 11.1 Å². The van der Waals surface area contributed by atoms with Crippen molar-refractivity contribution in [3.63, 3.8) is 0 Å². The summed E-state index contributed by atoms with van der Waals surface area (Å²) in [6.45, 7) is 3.94. The molecular weight excluding hydrogens is 412 g/mol. The number of ether oxygens (including phenoxy) is 2. The van der Waals surface area contributed by atoms with Crippen LogP contribution in [-0.2, 0) is 9.47 Å². The first-order chi connectivity index (χ1) is 15.0. The van der Waals surface area contributed by atoms with Crippen molar-refractivity contribution in [2.75, 3.05) is 13.2 Å². The highest BCUT2D eigenvalue weighted by Gasteiger charge is 2.22. The molecule has 0 aliphatic carbocycles. The molecule has 4 aromatic carbocycles. The van der Waals surface area contributed by atoms with Gasteiger partial charge in [-0.1, -0.05) is 60.1 Å². The maximum Gasteiger partial charge on any atom is 0.339 e. The van der Waals surface area contributed by atoms with Gasteiger partial charge in [0.05, 0.1) is 29.4 Å². The van der Waals surface area contributed by atoms with E-state index >= 15 is 0 Å². The molecule has 0 unspecified atom stereocenters. The van der Waals surface area contributed by atoms with E-state index in [9.17, 15) is 9.59 Å². The second kappa shape index (κ2) is 8.78. The molecule has 0 amide bonds. The van der Waals surface area contributed by atoms with Gasteiger partial charge in [0, 0.05) is 0 Å². The quantitative estimate of drug-likeness (QED) is 0.261. The molecule has 4 aromatic rings. The van der Waals surface area contributed by atoms with E-state index in [1.165, 1.54) is 6.07 Å². The van der Waals surface area contributed by atoms with Gasteiger partial charge in [0.15, 0.2) is 0 Å². The monoisotopic (exact) mass is 432 g/mol. The lowest BCUT2D eigenvalue weighted by molar-refractivity contribution is 0.0512. The van der Waals surface area contributed by atoms with Crippen LogP contribution < -0.4 is 0 Å². The number of hydrogen-bond acceptors (Lipinski definition) is 4.